The first-order valence-electron chi connectivity index (χ1n) is 8.59. The third-order valence-electron chi connectivity index (χ3n) is 4.09. The SMILES string of the molecule is CCCCc1ccc(NC(=O)c2ccccc2S(=O)(=O)C(C)C)cc1. The molecule has 2 aromatic rings. The third kappa shape index (κ3) is 4.69. The van der Waals surface area contributed by atoms with Gasteiger partial charge in [-0.2, -0.15) is 0 Å². The van der Waals surface area contributed by atoms with Crippen molar-refractivity contribution in [3.63, 3.8) is 0 Å². The van der Waals surface area contributed by atoms with Crippen molar-refractivity contribution in [1.82, 2.24) is 0 Å². The number of carbonyl (C=O) groups excluding carboxylic acids is 1. The summed E-state index contributed by atoms with van der Waals surface area (Å²) in [6, 6.07) is 14.0. The van der Waals surface area contributed by atoms with Crippen molar-refractivity contribution in [2.24, 2.45) is 0 Å². The molecule has 0 fully saturated rings. The smallest absolute Gasteiger partial charge is 0.256 e. The van der Waals surface area contributed by atoms with Crippen molar-refractivity contribution in [3.8, 4) is 0 Å². The summed E-state index contributed by atoms with van der Waals surface area (Å²) in [6.07, 6.45) is 3.28. The Morgan fingerprint density at radius 3 is 2.28 bits per heavy atom. The monoisotopic (exact) mass is 359 g/mol. The highest BCUT2D eigenvalue weighted by molar-refractivity contribution is 7.92. The number of hydrogen-bond acceptors (Lipinski definition) is 3. The molecule has 0 atom stereocenters. The lowest BCUT2D eigenvalue weighted by atomic mass is 10.1. The zero-order valence-corrected chi connectivity index (χ0v) is 15.8. The maximum absolute atomic E-state index is 12.6. The predicted octanol–water partition coefficient (Wildman–Crippen LogP) is 4.46. The van der Waals surface area contributed by atoms with Crippen LogP contribution in [0.4, 0.5) is 5.69 Å². The van der Waals surface area contributed by atoms with E-state index in [1.165, 1.54) is 11.6 Å². The fraction of sp³-hybridized carbons (Fsp3) is 0.350. The summed E-state index contributed by atoms with van der Waals surface area (Å²) < 4.78 is 24.9. The van der Waals surface area contributed by atoms with E-state index in [-0.39, 0.29) is 10.5 Å². The lowest BCUT2D eigenvalue weighted by molar-refractivity contribution is 0.102. The number of carbonyl (C=O) groups is 1. The molecule has 0 aliphatic carbocycles. The van der Waals surface area contributed by atoms with Crippen LogP contribution in [0.2, 0.25) is 0 Å². The predicted molar refractivity (Wildman–Crippen MR) is 102 cm³/mol. The molecular weight excluding hydrogens is 334 g/mol. The average molecular weight is 359 g/mol. The van der Waals surface area contributed by atoms with Crippen molar-refractivity contribution in [2.45, 2.75) is 50.2 Å². The van der Waals surface area contributed by atoms with Crippen LogP contribution in [0.25, 0.3) is 0 Å². The first-order valence-corrected chi connectivity index (χ1v) is 10.1. The summed E-state index contributed by atoms with van der Waals surface area (Å²) in [7, 11) is -3.52. The summed E-state index contributed by atoms with van der Waals surface area (Å²) in [4.78, 5) is 12.7. The molecule has 0 saturated heterocycles. The Kier molecular flexibility index (Phi) is 6.37. The standard InChI is InChI=1S/C20H25NO3S/c1-4-5-8-16-11-13-17(14-12-16)21-20(22)18-9-6-7-10-19(18)25(23,24)15(2)3/h6-7,9-15H,4-5,8H2,1-3H3,(H,21,22). The molecule has 0 aliphatic rings. The van der Waals surface area contributed by atoms with Crippen LogP contribution >= 0.6 is 0 Å². The highest BCUT2D eigenvalue weighted by Crippen LogP contribution is 2.22. The number of unbranched alkanes of at least 4 members (excludes halogenated alkanes) is 1. The van der Waals surface area contributed by atoms with Gasteiger partial charge in [0, 0.05) is 5.69 Å². The van der Waals surface area contributed by atoms with Crippen LogP contribution in [0.3, 0.4) is 0 Å². The zero-order valence-electron chi connectivity index (χ0n) is 15.0. The zero-order chi connectivity index (χ0) is 18.4. The molecule has 0 spiro atoms. The fourth-order valence-electron chi connectivity index (χ4n) is 2.49. The van der Waals surface area contributed by atoms with Crippen molar-refractivity contribution >= 4 is 21.4 Å². The van der Waals surface area contributed by atoms with E-state index in [1.54, 1.807) is 32.0 Å². The van der Waals surface area contributed by atoms with Gasteiger partial charge in [0.25, 0.3) is 5.91 Å². The summed E-state index contributed by atoms with van der Waals surface area (Å²) in [5.74, 6) is -0.416. The number of nitrogens with one attached hydrogen (secondary N) is 1. The van der Waals surface area contributed by atoms with E-state index in [4.69, 9.17) is 0 Å². The van der Waals surface area contributed by atoms with Crippen LogP contribution < -0.4 is 5.32 Å². The molecule has 1 N–H and O–H groups in total. The van der Waals surface area contributed by atoms with Gasteiger partial charge in [-0.3, -0.25) is 4.79 Å². The average Bonchev–Trinajstić information content (AvgIpc) is 2.61. The molecule has 5 heteroatoms. The Hall–Kier alpha value is -2.14. The molecule has 0 heterocycles. The Labute approximate surface area is 150 Å². The minimum absolute atomic E-state index is 0.0714. The largest absolute Gasteiger partial charge is 0.322 e. The molecular formula is C20H25NO3S. The van der Waals surface area contributed by atoms with Gasteiger partial charge in [-0.15, -0.1) is 0 Å². The molecule has 0 aliphatic heterocycles. The number of hydrogen-bond donors (Lipinski definition) is 1. The molecule has 25 heavy (non-hydrogen) atoms. The van der Waals surface area contributed by atoms with Crippen LogP contribution in [0.5, 0.6) is 0 Å². The van der Waals surface area contributed by atoms with Gasteiger partial charge in [0.15, 0.2) is 9.84 Å². The summed E-state index contributed by atoms with van der Waals surface area (Å²) in [5, 5.41) is 2.21. The van der Waals surface area contributed by atoms with E-state index in [2.05, 4.69) is 12.2 Å². The maximum Gasteiger partial charge on any atom is 0.256 e. The van der Waals surface area contributed by atoms with Gasteiger partial charge < -0.3 is 5.32 Å². The van der Waals surface area contributed by atoms with E-state index < -0.39 is 21.0 Å². The first kappa shape index (κ1) is 19.2. The van der Waals surface area contributed by atoms with Crippen LogP contribution in [0.15, 0.2) is 53.4 Å². The third-order valence-corrected chi connectivity index (χ3v) is 6.30. The molecule has 134 valence electrons. The number of amides is 1. The van der Waals surface area contributed by atoms with E-state index in [1.807, 2.05) is 24.3 Å². The Balaban J connectivity index is 2.22. The maximum atomic E-state index is 12.6. The summed E-state index contributed by atoms with van der Waals surface area (Å²) in [5.41, 5.74) is 2.05. The molecule has 0 bridgehead atoms. The Bertz CT molecular complexity index is 824. The molecule has 0 saturated carbocycles. The highest BCUT2D eigenvalue weighted by Gasteiger charge is 2.25. The molecule has 0 radical (unpaired) electrons. The van der Waals surface area contributed by atoms with E-state index in [0.717, 1.165) is 19.3 Å². The summed E-state index contributed by atoms with van der Waals surface area (Å²) in [6.45, 7) is 5.37. The van der Waals surface area contributed by atoms with Crippen molar-refractivity contribution in [1.29, 1.82) is 0 Å². The van der Waals surface area contributed by atoms with Gasteiger partial charge in [-0.25, -0.2) is 8.42 Å². The Morgan fingerprint density at radius 1 is 1.04 bits per heavy atom. The fourth-order valence-corrected chi connectivity index (χ4v) is 3.73. The number of benzene rings is 2. The van der Waals surface area contributed by atoms with Gasteiger partial charge in [0.1, 0.15) is 0 Å². The molecule has 4 nitrogen and oxygen atoms in total. The quantitative estimate of drug-likeness (QED) is 0.793. The second-order valence-electron chi connectivity index (χ2n) is 6.34. The van der Waals surface area contributed by atoms with Crippen molar-refractivity contribution in [3.05, 3.63) is 59.7 Å². The molecule has 1 amide bonds. The molecule has 2 rings (SSSR count). The normalized spacial score (nSPS) is 11.5. The van der Waals surface area contributed by atoms with Crippen molar-refractivity contribution < 1.29 is 13.2 Å². The van der Waals surface area contributed by atoms with Gasteiger partial charge in [-0.1, -0.05) is 37.6 Å². The van der Waals surface area contributed by atoms with Gasteiger partial charge >= 0.3 is 0 Å². The van der Waals surface area contributed by atoms with Crippen LogP contribution in [-0.4, -0.2) is 19.6 Å². The lowest BCUT2D eigenvalue weighted by Crippen LogP contribution is -2.20. The molecule has 0 unspecified atom stereocenters. The second kappa shape index (κ2) is 8.30. The van der Waals surface area contributed by atoms with Gasteiger partial charge in [0.05, 0.1) is 15.7 Å². The van der Waals surface area contributed by atoms with Crippen LogP contribution in [-0.2, 0) is 16.3 Å². The molecule has 0 aromatic heterocycles. The minimum atomic E-state index is -3.52. The van der Waals surface area contributed by atoms with Gasteiger partial charge in [-0.05, 0) is 56.5 Å². The number of aryl methyl sites for hydroxylation is 1. The number of rotatable bonds is 7. The van der Waals surface area contributed by atoms with E-state index >= 15 is 0 Å². The number of sulfone groups is 1. The lowest BCUT2D eigenvalue weighted by Gasteiger charge is -2.13. The number of anilines is 1. The van der Waals surface area contributed by atoms with Crippen molar-refractivity contribution in [2.75, 3.05) is 5.32 Å². The minimum Gasteiger partial charge on any atom is -0.322 e. The summed E-state index contributed by atoms with van der Waals surface area (Å²) >= 11 is 0. The van der Waals surface area contributed by atoms with Gasteiger partial charge in [0.2, 0.25) is 0 Å². The van der Waals surface area contributed by atoms with Crippen LogP contribution in [0.1, 0.15) is 49.5 Å². The van der Waals surface area contributed by atoms with E-state index in [0.29, 0.717) is 5.69 Å². The second-order valence-corrected chi connectivity index (χ2v) is 8.82. The van der Waals surface area contributed by atoms with E-state index in [9.17, 15) is 13.2 Å². The van der Waals surface area contributed by atoms with Crippen LogP contribution in [0, 0.1) is 0 Å². The molecule has 2 aromatic carbocycles. The topological polar surface area (TPSA) is 63.2 Å². The first-order chi connectivity index (χ1) is 11.9. The Morgan fingerprint density at radius 2 is 1.68 bits per heavy atom. The highest BCUT2D eigenvalue weighted by atomic mass is 32.2.